The summed E-state index contributed by atoms with van der Waals surface area (Å²) in [4.78, 5) is 12.6. The molecule has 0 bridgehead atoms. The zero-order valence-electron chi connectivity index (χ0n) is 7.30. The molecule has 0 aromatic heterocycles. The van der Waals surface area contributed by atoms with Crippen LogP contribution in [0.3, 0.4) is 0 Å². The molecule has 0 atom stereocenters. The fourth-order valence-corrected chi connectivity index (χ4v) is 3.34. The molecule has 1 nitrogen and oxygen atoms in total. The van der Waals surface area contributed by atoms with E-state index in [1.165, 1.54) is 52.6 Å². The smallest absolute Gasteiger partial charge is 0.198 e. The Labute approximate surface area is 81.5 Å². The van der Waals surface area contributed by atoms with Gasteiger partial charge in [0.15, 0.2) is 5.12 Å². The third-order valence-corrected chi connectivity index (χ3v) is 3.95. The molecule has 13 heavy (non-hydrogen) atoms. The van der Waals surface area contributed by atoms with Crippen LogP contribution in [0.15, 0.2) is 17.0 Å². The monoisotopic (exact) mass is 190 g/mol. The fraction of sp³-hybridized carbons (Fsp3) is 0.364. The van der Waals surface area contributed by atoms with Crippen molar-refractivity contribution in [3.05, 3.63) is 28.8 Å². The lowest BCUT2D eigenvalue weighted by Crippen LogP contribution is -1.88. The Kier molecular flexibility index (Phi) is 1.53. The Morgan fingerprint density at radius 2 is 2.00 bits per heavy atom. The Balaban J connectivity index is 2.21. The topological polar surface area (TPSA) is 17.1 Å². The second kappa shape index (κ2) is 2.61. The number of hydrogen-bond donors (Lipinski definition) is 0. The number of rotatable bonds is 0. The van der Waals surface area contributed by atoms with Gasteiger partial charge in [-0.25, -0.2) is 0 Å². The van der Waals surface area contributed by atoms with Gasteiger partial charge >= 0.3 is 0 Å². The SMILES string of the molecule is O=C1Cc2ccc3c(c2S1)CCC3. The van der Waals surface area contributed by atoms with Gasteiger partial charge in [0, 0.05) is 11.3 Å². The summed E-state index contributed by atoms with van der Waals surface area (Å²) in [6.45, 7) is 0. The maximum absolute atomic E-state index is 11.3. The van der Waals surface area contributed by atoms with Gasteiger partial charge in [0.2, 0.25) is 0 Å². The molecule has 2 heteroatoms. The number of aryl methyl sites for hydroxylation is 1. The summed E-state index contributed by atoms with van der Waals surface area (Å²) < 4.78 is 0. The first-order valence-corrected chi connectivity index (χ1v) is 5.50. The molecule has 0 radical (unpaired) electrons. The number of carbonyl (C=O) groups excluding carboxylic acids is 1. The summed E-state index contributed by atoms with van der Waals surface area (Å²) in [6, 6.07) is 4.34. The van der Waals surface area contributed by atoms with Crippen LogP contribution in [-0.4, -0.2) is 5.12 Å². The van der Waals surface area contributed by atoms with E-state index < -0.39 is 0 Å². The van der Waals surface area contributed by atoms with E-state index in [-0.39, 0.29) is 0 Å². The molecule has 0 fully saturated rings. The van der Waals surface area contributed by atoms with E-state index in [9.17, 15) is 4.79 Å². The van der Waals surface area contributed by atoms with Gasteiger partial charge in [0.1, 0.15) is 0 Å². The normalized spacial score (nSPS) is 18.9. The molecule has 1 aliphatic carbocycles. The molecule has 1 heterocycles. The van der Waals surface area contributed by atoms with E-state index in [0.717, 1.165) is 0 Å². The molecule has 3 rings (SSSR count). The highest BCUT2D eigenvalue weighted by Gasteiger charge is 2.25. The summed E-state index contributed by atoms with van der Waals surface area (Å²) in [7, 11) is 0. The summed E-state index contributed by atoms with van der Waals surface area (Å²) in [5.41, 5.74) is 4.20. The lowest BCUT2D eigenvalue weighted by molar-refractivity contribution is -0.110. The van der Waals surface area contributed by atoms with Gasteiger partial charge in [0.05, 0.1) is 0 Å². The summed E-state index contributed by atoms with van der Waals surface area (Å²) in [5.74, 6) is 0. The molecule has 0 amide bonds. The number of carbonyl (C=O) groups is 1. The molecule has 0 saturated heterocycles. The molecule has 66 valence electrons. The third-order valence-electron chi connectivity index (χ3n) is 2.86. The summed E-state index contributed by atoms with van der Waals surface area (Å²) >= 11 is 1.46. The number of benzene rings is 1. The average molecular weight is 190 g/mol. The van der Waals surface area contributed by atoms with Crippen LogP contribution in [0.5, 0.6) is 0 Å². The highest BCUT2D eigenvalue weighted by Crippen LogP contribution is 2.40. The van der Waals surface area contributed by atoms with E-state index in [4.69, 9.17) is 0 Å². The highest BCUT2D eigenvalue weighted by molar-refractivity contribution is 8.14. The molecular weight excluding hydrogens is 180 g/mol. The molecule has 0 saturated carbocycles. The van der Waals surface area contributed by atoms with Crippen molar-refractivity contribution in [3.8, 4) is 0 Å². The van der Waals surface area contributed by atoms with Crippen molar-refractivity contribution in [2.75, 3.05) is 0 Å². The van der Waals surface area contributed by atoms with Crippen LogP contribution in [0.4, 0.5) is 0 Å². The maximum atomic E-state index is 11.3. The van der Waals surface area contributed by atoms with Gasteiger partial charge in [-0.3, -0.25) is 4.79 Å². The average Bonchev–Trinajstić information content (AvgIpc) is 2.65. The van der Waals surface area contributed by atoms with Gasteiger partial charge in [0.25, 0.3) is 0 Å². The summed E-state index contributed by atoms with van der Waals surface area (Å²) in [6.07, 6.45) is 4.30. The quantitative estimate of drug-likeness (QED) is 0.624. The minimum Gasteiger partial charge on any atom is -0.286 e. The van der Waals surface area contributed by atoms with Crippen LogP contribution in [0.1, 0.15) is 23.1 Å². The molecule has 1 aliphatic heterocycles. The second-order valence-electron chi connectivity index (χ2n) is 3.70. The lowest BCUT2D eigenvalue weighted by atomic mass is 10.0. The maximum Gasteiger partial charge on any atom is 0.198 e. The van der Waals surface area contributed by atoms with Crippen LogP contribution in [0.2, 0.25) is 0 Å². The molecule has 0 spiro atoms. The first kappa shape index (κ1) is 7.63. The zero-order chi connectivity index (χ0) is 8.84. The van der Waals surface area contributed by atoms with E-state index >= 15 is 0 Å². The first-order valence-electron chi connectivity index (χ1n) is 4.69. The van der Waals surface area contributed by atoms with Crippen molar-refractivity contribution in [1.29, 1.82) is 0 Å². The van der Waals surface area contributed by atoms with Crippen molar-refractivity contribution in [1.82, 2.24) is 0 Å². The van der Waals surface area contributed by atoms with Crippen molar-refractivity contribution in [2.45, 2.75) is 30.6 Å². The second-order valence-corrected chi connectivity index (χ2v) is 4.76. The van der Waals surface area contributed by atoms with E-state index in [0.29, 0.717) is 11.5 Å². The Morgan fingerprint density at radius 3 is 2.92 bits per heavy atom. The first-order chi connectivity index (χ1) is 6.34. The van der Waals surface area contributed by atoms with Gasteiger partial charge in [-0.2, -0.15) is 0 Å². The summed E-state index contributed by atoms with van der Waals surface area (Å²) in [5, 5.41) is 0.315. The zero-order valence-corrected chi connectivity index (χ0v) is 8.12. The lowest BCUT2D eigenvalue weighted by Gasteiger charge is -2.04. The Morgan fingerprint density at radius 1 is 1.15 bits per heavy atom. The molecule has 1 aromatic rings. The van der Waals surface area contributed by atoms with Crippen LogP contribution in [0.25, 0.3) is 0 Å². The molecule has 0 N–H and O–H groups in total. The minimum absolute atomic E-state index is 0.315. The van der Waals surface area contributed by atoms with E-state index in [1.54, 1.807) is 0 Å². The van der Waals surface area contributed by atoms with Crippen molar-refractivity contribution >= 4 is 16.9 Å². The Bertz CT molecular complexity index is 395. The largest absolute Gasteiger partial charge is 0.286 e. The van der Waals surface area contributed by atoms with Crippen molar-refractivity contribution in [2.24, 2.45) is 0 Å². The van der Waals surface area contributed by atoms with Crippen LogP contribution in [-0.2, 0) is 24.1 Å². The Hall–Kier alpha value is -0.760. The molecule has 2 aliphatic rings. The molecular formula is C11H10OS. The van der Waals surface area contributed by atoms with Gasteiger partial charge in [-0.05, 0) is 36.0 Å². The third kappa shape index (κ3) is 1.05. The standard InChI is InChI=1S/C11H10OS/c12-10-6-8-5-4-7-2-1-3-9(7)11(8)13-10/h4-5H,1-3,6H2. The van der Waals surface area contributed by atoms with E-state index in [1.807, 2.05) is 0 Å². The van der Waals surface area contributed by atoms with Crippen LogP contribution < -0.4 is 0 Å². The fourth-order valence-electron chi connectivity index (χ4n) is 2.25. The van der Waals surface area contributed by atoms with Crippen molar-refractivity contribution in [3.63, 3.8) is 0 Å². The number of hydrogen-bond acceptors (Lipinski definition) is 2. The van der Waals surface area contributed by atoms with Gasteiger partial charge in [-0.15, -0.1) is 0 Å². The minimum atomic E-state index is 0.315. The number of fused-ring (bicyclic) bond motifs is 3. The van der Waals surface area contributed by atoms with E-state index in [2.05, 4.69) is 12.1 Å². The predicted octanol–water partition coefficient (Wildman–Crippen LogP) is 2.35. The van der Waals surface area contributed by atoms with Crippen LogP contribution in [0, 0.1) is 0 Å². The van der Waals surface area contributed by atoms with Gasteiger partial charge < -0.3 is 0 Å². The molecule has 1 aromatic carbocycles. The number of thioether (sulfide) groups is 1. The van der Waals surface area contributed by atoms with Gasteiger partial charge in [-0.1, -0.05) is 23.9 Å². The van der Waals surface area contributed by atoms with Crippen molar-refractivity contribution < 1.29 is 4.79 Å². The highest BCUT2D eigenvalue weighted by atomic mass is 32.2. The molecule has 0 unspecified atom stereocenters. The predicted molar refractivity (Wildman–Crippen MR) is 53.0 cm³/mol. The van der Waals surface area contributed by atoms with Crippen LogP contribution >= 0.6 is 11.8 Å².